The third-order valence-electron chi connectivity index (χ3n) is 3.77. The molecule has 1 N–H and O–H groups in total. The number of imide groups is 1. The number of benzene rings is 1. The van der Waals surface area contributed by atoms with E-state index in [0.717, 1.165) is 21.7 Å². The second-order valence-corrected chi connectivity index (χ2v) is 7.61. The van der Waals surface area contributed by atoms with Crippen LogP contribution >= 0.6 is 0 Å². The molecule has 1 aliphatic rings. The van der Waals surface area contributed by atoms with Crippen LogP contribution in [0.1, 0.15) is 18.1 Å². The fraction of sp³-hybridized carbons (Fsp3) is 0.438. The summed E-state index contributed by atoms with van der Waals surface area (Å²) in [4.78, 5) is 35.1. The zero-order chi connectivity index (χ0) is 19.3. The van der Waals surface area contributed by atoms with E-state index in [1.165, 1.54) is 0 Å². The second kappa shape index (κ2) is 8.28. The third-order valence-corrected chi connectivity index (χ3v) is 5.00. The summed E-state index contributed by atoms with van der Waals surface area (Å²) in [6.07, 6.45) is 0.203. The summed E-state index contributed by atoms with van der Waals surface area (Å²) in [6.45, 7) is 0.992. The fourth-order valence-electron chi connectivity index (χ4n) is 2.60. The summed E-state index contributed by atoms with van der Waals surface area (Å²) < 4.78 is 34.6. The molecule has 0 radical (unpaired) electrons. The monoisotopic (exact) mass is 384 g/mol. The molecule has 1 aromatic rings. The van der Waals surface area contributed by atoms with E-state index in [2.05, 4.69) is 4.74 Å². The van der Waals surface area contributed by atoms with Crippen molar-refractivity contribution in [2.45, 2.75) is 25.9 Å². The highest BCUT2D eigenvalue weighted by atomic mass is 32.2. The van der Waals surface area contributed by atoms with E-state index in [4.69, 9.17) is 4.74 Å². The van der Waals surface area contributed by atoms with Crippen molar-refractivity contribution in [1.82, 2.24) is 9.62 Å². The molecule has 2 rings (SSSR count). The number of esters is 1. The summed E-state index contributed by atoms with van der Waals surface area (Å²) in [5.74, 6) is -1.72. The lowest BCUT2D eigenvalue weighted by atomic mass is 9.96. The molecule has 0 aromatic heterocycles. The highest BCUT2D eigenvalue weighted by Gasteiger charge is 2.38. The Morgan fingerprint density at radius 1 is 1.19 bits per heavy atom. The first-order valence-corrected chi connectivity index (χ1v) is 9.74. The number of hydrogen-bond donors (Lipinski definition) is 1. The van der Waals surface area contributed by atoms with Gasteiger partial charge in [0, 0.05) is 13.0 Å². The molecule has 0 aliphatic carbocycles. The zero-order valence-corrected chi connectivity index (χ0v) is 15.2. The number of sulfonamides is 1. The first-order valence-electron chi connectivity index (χ1n) is 7.89. The highest BCUT2D eigenvalue weighted by molar-refractivity contribution is 7.88. The van der Waals surface area contributed by atoms with Crippen molar-refractivity contribution in [3.05, 3.63) is 35.4 Å². The lowest BCUT2D eigenvalue weighted by Crippen LogP contribution is -2.49. The SMILES string of the molecule is CCOC(=O)NC(=O)COC(=O)[C@@H]1Cc2ccccc2CN1S(C)(=O)=O. The number of nitrogens with one attached hydrogen (secondary N) is 1. The number of carbonyl (C=O) groups excluding carboxylic acids is 3. The quantitative estimate of drug-likeness (QED) is 0.720. The van der Waals surface area contributed by atoms with Crippen LogP contribution in [0.4, 0.5) is 4.79 Å². The molecule has 1 aliphatic heterocycles. The minimum absolute atomic E-state index is 0.0454. The van der Waals surface area contributed by atoms with Gasteiger partial charge in [-0.15, -0.1) is 0 Å². The fourth-order valence-corrected chi connectivity index (χ4v) is 3.59. The van der Waals surface area contributed by atoms with Gasteiger partial charge >= 0.3 is 12.1 Å². The van der Waals surface area contributed by atoms with Crippen LogP contribution in [0, 0.1) is 0 Å². The summed E-state index contributed by atoms with van der Waals surface area (Å²) in [7, 11) is -3.67. The Morgan fingerprint density at radius 3 is 2.46 bits per heavy atom. The standard InChI is InChI=1S/C16H20N2O7S/c1-3-24-16(21)17-14(19)10-25-15(20)13-8-11-6-4-5-7-12(11)9-18(13)26(2,22)23/h4-7,13H,3,8-10H2,1-2H3,(H,17,19,21)/t13-/m0/s1. The number of carbonyl (C=O) groups is 3. The maximum atomic E-state index is 12.4. The Balaban J connectivity index is 2.06. The van der Waals surface area contributed by atoms with Gasteiger partial charge in [-0.2, -0.15) is 4.31 Å². The van der Waals surface area contributed by atoms with E-state index >= 15 is 0 Å². The van der Waals surface area contributed by atoms with Gasteiger partial charge in [0.1, 0.15) is 6.04 Å². The van der Waals surface area contributed by atoms with Crippen LogP contribution < -0.4 is 5.32 Å². The van der Waals surface area contributed by atoms with Gasteiger partial charge in [0.15, 0.2) is 6.61 Å². The maximum Gasteiger partial charge on any atom is 0.413 e. The molecule has 1 heterocycles. The largest absolute Gasteiger partial charge is 0.454 e. The molecule has 10 heteroatoms. The van der Waals surface area contributed by atoms with Crippen LogP contribution in [0.5, 0.6) is 0 Å². The molecule has 0 saturated heterocycles. The van der Waals surface area contributed by atoms with E-state index in [1.54, 1.807) is 25.1 Å². The minimum Gasteiger partial charge on any atom is -0.454 e. The lowest BCUT2D eigenvalue weighted by Gasteiger charge is -2.33. The maximum absolute atomic E-state index is 12.4. The van der Waals surface area contributed by atoms with Crippen molar-refractivity contribution in [2.75, 3.05) is 19.5 Å². The predicted octanol–water partition coefficient (Wildman–Crippen LogP) is 0.189. The Bertz CT molecular complexity index is 807. The molecule has 1 aromatic carbocycles. The molecule has 26 heavy (non-hydrogen) atoms. The average Bonchev–Trinajstić information content (AvgIpc) is 2.58. The molecule has 0 saturated carbocycles. The van der Waals surface area contributed by atoms with Crippen molar-refractivity contribution >= 4 is 28.0 Å². The topological polar surface area (TPSA) is 119 Å². The van der Waals surface area contributed by atoms with Crippen LogP contribution in [0.25, 0.3) is 0 Å². The van der Waals surface area contributed by atoms with Gasteiger partial charge in [0.25, 0.3) is 5.91 Å². The minimum atomic E-state index is -3.67. The molecule has 0 spiro atoms. The lowest BCUT2D eigenvalue weighted by molar-refractivity contribution is -0.152. The number of alkyl carbamates (subject to hydrolysis) is 1. The molecular formula is C16H20N2O7S. The van der Waals surface area contributed by atoms with E-state index in [0.29, 0.717) is 0 Å². The van der Waals surface area contributed by atoms with Crippen LogP contribution in [-0.2, 0) is 42.1 Å². The molecule has 2 amide bonds. The number of ether oxygens (including phenoxy) is 2. The van der Waals surface area contributed by atoms with E-state index in [1.807, 2.05) is 11.4 Å². The molecule has 1 atom stereocenters. The first kappa shape index (κ1) is 19.9. The molecular weight excluding hydrogens is 364 g/mol. The Morgan fingerprint density at radius 2 is 1.85 bits per heavy atom. The number of hydrogen-bond acceptors (Lipinski definition) is 7. The zero-order valence-electron chi connectivity index (χ0n) is 14.4. The van der Waals surface area contributed by atoms with Crippen molar-refractivity contribution in [2.24, 2.45) is 0 Å². The molecule has 142 valence electrons. The van der Waals surface area contributed by atoms with Gasteiger partial charge in [-0.3, -0.25) is 14.9 Å². The molecule has 0 unspecified atom stereocenters. The Kier molecular flexibility index (Phi) is 6.32. The van der Waals surface area contributed by atoms with Gasteiger partial charge in [-0.05, 0) is 18.1 Å². The summed E-state index contributed by atoms with van der Waals surface area (Å²) in [6, 6.07) is 6.11. The van der Waals surface area contributed by atoms with Crippen LogP contribution in [0.3, 0.4) is 0 Å². The highest BCUT2D eigenvalue weighted by Crippen LogP contribution is 2.26. The van der Waals surface area contributed by atoms with Gasteiger partial charge < -0.3 is 9.47 Å². The van der Waals surface area contributed by atoms with Crippen molar-refractivity contribution in [1.29, 1.82) is 0 Å². The Labute approximate surface area is 151 Å². The number of amides is 2. The third kappa shape index (κ3) is 5.02. The second-order valence-electron chi connectivity index (χ2n) is 5.67. The van der Waals surface area contributed by atoms with E-state index < -0.39 is 40.6 Å². The first-order chi connectivity index (χ1) is 12.2. The van der Waals surface area contributed by atoms with Gasteiger partial charge in [-0.25, -0.2) is 13.2 Å². The average molecular weight is 384 g/mol. The number of fused-ring (bicyclic) bond motifs is 1. The summed E-state index contributed by atoms with van der Waals surface area (Å²) in [5.41, 5.74) is 1.65. The van der Waals surface area contributed by atoms with E-state index in [9.17, 15) is 22.8 Å². The van der Waals surface area contributed by atoms with Gasteiger partial charge in [0.2, 0.25) is 10.0 Å². The van der Waals surface area contributed by atoms with Gasteiger partial charge in [0.05, 0.1) is 12.9 Å². The van der Waals surface area contributed by atoms with Gasteiger partial charge in [-0.1, -0.05) is 24.3 Å². The Hall–Kier alpha value is -2.46. The normalized spacial score (nSPS) is 17.1. The van der Waals surface area contributed by atoms with Crippen LogP contribution in [-0.4, -0.2) is 56.2 Å². The van der Waals surface area contributed by atoms with Crippen LogP contribution in [0.15, 0.2) is 24.3 Å². The smallest absolute Gasteiger partial charge is 0.413 e. The number of nitrogens with zero attached hydrogens (tertiary/aromatic N) is 1. The van der Waals surface area contributed by atoms with Crippen molar-refractivity contribution in [3.63, 3.8) is 0 Å². The molecule has 9 nitrogen and oxygen atoms in total. The molecule has 0 fully saturated rings. The predicted molar refractivity (Wildman–Crippen MR) is 90.4 cm³/mol. The molecule has 0 bridgehead atoms. The van der Waals surface area contributed by atoms with Crippen molar-refractivity contribution in [3.8, 4) is 0 Å². The van der Waals surface area contributed by atoms with Crippen molar-refractivity contribution < 1.29 is 32.3 Å². The summed E-state index contributed by atoms with van der Waals surface area (Å²) >= 11 is 0. The summed E-state index contributed by atoms with van der Waals surface area (Å²) in [5, 5.41) is 1.89. The van der Waals surface area contributed by atoms with E-state index in [-0.39, 0.29) is 19.6 Å². The van der Waals surface area contributed by atoms with Crippen LogP contribution in [0.2, 0.25) is 0 Å². The number of rotatable bonds is 5.